The minimum absolute atomic E-state index is 0.0276. The largest absolute Gasteiger partial charge is 0.508 e. The summed E-state index contributed by atoms with van der Waals surface area (Å²) in [6, 6.07) is 11.7. The average molecular weight is 488 g/mol. The lowest BCUT2D eigenvalue weighted by atomic mass is 9.90. The Kier molecular flexibility index (Phi) is 7.05. The Hall–Kier alpha value is -3.48. The van der Waals surface area contributed by atoms with Crippen LogP contribution in [0.15, 0.2) is 54.1 Å². The van der Waals surface area contributed by atoms with Crippen LogP contribution in [-0.2, 0) is 19.1 Å². The summed E-state index contributed by atoms with van der Waals surface area (Å²) in [5.74, 6) is -3.12. The monoisotopic (exact) mass is 488 g/mol. The Morgan fingerprint density at radius 2 is 1.63 bits per heavy atom. The van der Waals surface area contributed by atoms with E-state index in [1.807, 2.05) is 0 Å². The van der Waals surface area contributed by atoms with Crippen LogP contribution in [0.3, 0.4) is 0 Å². The molecule has 2 saturated heterocycles. The van der Waals surface area contributed by atoms with Crippen molar-refractivity contribution in [2.24, 2.45) is 5.92 Å². The van der Waals surface area contributed by atoms with E-state index in [1.165, 1.54) is 54.6 Å². The molecule has 186 valence electrons. The summed E-state index contributed by atoms with van der Waals surface area (Å²) < 4.78 is 16.2. The fourth-order valence-electron chi connectivity index (χ4n) is 4.00. The van der Waals surface area contributed by atoms with Crippen LogP contribution in [0.25, 0.3) is 6.08 Å². The van der Waals surface area contributed by atoms with Gasteiger partial charge >= 0.3 is 11.9 Å². The number of carboxylic acid groups (broad SMARTS) is 1. The van der Waals surface area contributed by atoms with E-state index in [1.54, 1.807) is 0 Å². The molecule has 35 heavy (non-hydrogen) atoms. The van der Waals surface area contributed by atoms with Gasteiger partial charge in [-0.25, -0.2) is 4.79 Å². The third kappa shape index (κ3) is 4.99. The fraction of sp³-hybridized carbons (Fsp3) is 0.333. The van der Waals surface area contributed by atoms with Crippen LogP contribution in [0.1, 0.15) is 17.2 Å². The molecule has 0 spiro atoms. The molecule has 6 N–H and O–H groups in total. The summed E-state index contributed by atoms with van der Waals surface area (Å²) in [4.78, 5) is 24.5. The summed E-state index contributed by atoms with van der Waals surface area (Å²) in [6.07, 6.45) is -6.93. The number of aliphatic carboxylic acids is 1. The number of rotatable bonds is 6. The number of hydrogen-bond donors (Lipinski definition) is 6. The summed E-state index contributed by atoms with van der Waals surface area (Å²) in [5.41, 5.74) is 0.848. The molecule has 0 aromatic heterocycles. The minimum atomic E-state index is -1.60. The molecule has 2 aliphatic rings. The summed E-state index contributed by atoms with van der Waals surface area (Å²) in [7, 11) is 0. The highest BCUT2D eigenvalue weighted by atomic mass is 16.7. The van der Waals surface area contributed by atoms with Crippen molar-refractivity contribution in [1.82, 2.24) is 0 Å². The van der Waals surface area contributed by atoms with E-state index in [-0.39, 0.29) is 17.1 Å². The number of carbonyl (C=O) groups excluding carboxylic acids is 1. The summed E-state index contributed by atoms with van der Waals surface area (Å²) >= 11 is 0. The van der Waals surface area contributed by atoms with Gasteiger partial charge in [-0.05, 0) is 41.5 Å². The first-order chi connectivity index (χ1) is 16.7. The Balaban J connectivity index is 1.53. The number of phenols is 1. The molecule has 2 fully saturated rings. The molecule has 0 bridgehead atoms. The number of phenolic OH excluding ortho intramolecular Hbond substituents is 1. The van der Waals surface area contributed by atoms with E-state index >= 15 is 0 Å². The smallest absolute Gasteiger partial charge is 0.335 e. The zero-order chi connectivity index (χ0) is 25.3. The van der Waals surface area contributed by atoms with Crippen molar-refractivity contribution in [3.8, 4) is 11.5 Å². The maximum Gasteiger partial charge on any atom is 0.335 e. The Labute approximate surface area is 199 Å². The summed E-state index contributed by atoms with van der Waals surface area (Å²) in [6.45, 7) is -0.604. The number of carbonyl (C=O) groups is 2. The molecule has 0 saturated carbocycles. The molecule has 7 atom stereocenters. The van der Waals surface area contributed by atoms with E-state index in [0.717, 1.165) is 0 Å². The lowest BCUT2D eigenvalue weighted by molar-refractivity contribution is -0.277. The predicted molar refractivity (Wildman–Crippen MR) is 117 cm³/mol. The van der Waals surface area contributed by atoms with Gasteiger partial charge < -0.3 is 44.8 Å². The Bertz CT molecular complexity index is 1090. The van der Waals surface area contributed by atoms with Crippen molar-refractivity contribution >= 4 is 18.0 Å². The van der Waals surface area contributed by atoms with Crippen molar-refractivity contribution in [2.75, 3.05) is 6.61 Å². The molecular weight excluding hydrogens is 464 g/mol. The SMILES string of the molecule is O=C1OC(c2ccc(OC3OC(CO)C(O)C(O)C3O)cc2)C(C(=O)O)C1=Cc1ccc(O)cc1. The second kappa shape index (κ2) is 10.0. The van der Waals surface area contributed by atoms with Gasteiger partial charge in [0.05, 0.1) is 12.2 Å². The highest BCUT2D eigenvalue weighted by Gasteiger charge is 2.46. The topological polar surface area (TPSA) is 183 Å². The van der Waals surface area contributed by atoms with E-state index in [0.29, 0.717) is 11.1 Å². The van der Waals surface area contributed by atoms with Crippen LogP contribution in [0.5, 0.6) is 11.5 Å². The summed E-state index contributed by atoms with van der Waals surface area (Å²) in [5, 5.41) is 58.4. The maximum absolute atomic E-state index is 12.5. The number of hydrogen-bond acceptors (Lipinski definition) is 10. The molecule has 2 aromatic rings. The van der Waals surface area contributed by atoms with E-state index < -0.39 is 61.3 Å². The molecule has 2 heterocycles. The predicted octanol–water partition coefficient (Wildman–Crippen LogP) is -0.0468. The highest BCUT2D eigenvalue weighted by molar-refractivity contribution is 6.02. The standard InChI is InChI=1S/C24H24O11/c25-10-16-18(27)19(28)20(29)24(34-16)33-14-7-3-12(4-8-14)21-17(22(30)31)15(23(32)35-21)9-11-1-5-13(26)6-2-11/h1-9,16-21,24-29H,10H2,(H,30,31). The second-order valence-electron chi connectivity index (χ2n) is 8.22. The van der Waals surface area contributed by atoms with Crippen LogP contribution in [-0.4, -0.2) is 79.9 Å². The number of esters is 1. The van der Waals surface area contributed by atoms with Gasteiger partial charge in [0.15, 0.2) is 0 Å². The Morgan fingerprint density at radius 3 is 2.23 bits per heavy atom. The quantitative estimate of drug-likeness (QED) is 0.237. The van der Waals surface area contributed by atoms with Crippen molar-refractivity contribution in [2.45, 2.75) is 36.8 Å². The lowest BCUT2D eigenvalue weighted by Gasteiger charge is -2.39. The van der Waals surface area contributed by atoms with Gasteiger partial charge in [-0.15, -0.1) is 0 Å². The molecule has 2 aliphatic heterocycles. The van der Waals surface area contributed by atoms with E-state index in [2.05, 4.69) is 0 Å². The third-order valence-electron chi connectivity index (χ3n) is 5.90. The lowest BCUT2D eigenvalue weighted by Crippen LogP contribution is -2.60. The zero-order valence-corrected chi connectivity index (χ0v) is 18.2. The van der Waals surface area contributed by atoms with Crippen molar-refractivity contribution in [3.05, 3.63) is 65.2 Å². The van der Waals surface area contributed by atoms with Gasteiger partial charge in [0.1, 0.15) is 47.9 Å². The molecule has 0 aliphatic carbocycles. The average Bonchev–Trinajstić information content (AvgIpc) is 3.17. The number of ether oxygens (including phenoxy) is 3. The third-order valence-corrected chi connectivity index (χ3v) is 5.90. The first-order valence-electron chi connectivity index (χ1n) is 10.7. The normalized spacial score (nSPS) is 31.8. The van der Waals surface area contributed by atoms with Crippen molar-refractivity contribution < 1.29 is 54.4 Å². The van der Waals surface area contributed by atoms with Gasteiger partial charge in [-0.1, -0.05) is 24.3 Å². The van der Waals surface area contributed by atoms with Gasteiger partial charge in [-0.2, -0.15) is 0 Å². The number of aromatic hydroxyl groups is 1. The molecule has 11 heteroatoms. The number of aliphatic hydroxyl groups is 4. The van der Waals surface area contributed by atoms with Crippen molar-refractivity contribution in [3.63, 3.8) is 0 Å². The van der Waals surface area contributed by atoms with Crippen LogP contribution < -0.4 is 4.74 Å². The molecule has 4 rings (SSSR count). The van der Waals surface area contributed by atoms with Crippen LogP contribution >= 0.6 is 0 Å². The molecule has 0 radical (unpaired) electrons. The van der Waals surface area contributed by atoms with E-state index in [4.69, 9.17) is 14.2 Å². The first kappa shape index (κ1) is 24.6. The van der Waals surface area contributed by atoms with Crippen LogP contribution in [0, 0.1) is 5.92 Å². The number of carboxylic acids is 1. The first-order valence-corrected chi connectivity index (χ1v) is 10.7. The molecule has 7 unspecified atom stereocenters. The molecule has 2 aromatic carbocycles. The van der Waals surface area contributed by atoms with Gasteiger partial charge in [0.2, 0.25) is 6.29 Å². The highest BCUT2D eigenvalue weighted by Crippen LogP contribution is 2.40. The molecule has 0 amide bonds. The molecular formula is C24H24O11. The number of cyclic esters (lactones) is 1. The van der Waals surface area contributed by atoms with Crippen molar-refractivity contribution in [1.29, 1.82) is 0 Å². The number of aliphatic hydroxyl groups excluding tert-OH is 4. The zero-order valence-electron chi connectivity index (χ0n) is 18.2. The Morgan fingerprint density at radius 1 is 0.971 bits per heavy atom. The number of benzene rings is 2. The molecule has 11 nitrogen and oxygen atoms in total. The maximum atomic E-state index is 12.5. The fourth-order valence-corrected chi connectivity index (χ4v) is 4.00. The second-order valence-corrected chi connectivity index (χ2v) is 8.22. The van der Waals surface area contributed by atoms with E-state index in [9.17, 15) is 40.2 Å². The van der Waals surface area contributed by atoms with Gasteiger partial charge in [-0.3, -0.25) is 4.79 Å². The minimum Gasteiger partial charge on any atom is -0.508 e. The van der Waals surface area contributed by atoms with Gasteiger partial charge in [0.25, 0.3) is 0 Å². The van der Waals surface area contributed by atoms with Crippen LogP contribution in [0.4, 0.5) is 0 Å². The van der Waals surface area contributed by atoms with Gasteiger partial charge in [0, 0.05) is 0 Å². The van der Waals surface area contributed by atoms with Crippen LogP contribution in [0.2, 0.25) is 0 Å².